The molecule has 0 saturated heterocycles. The van der Waals surface area contributed by atoms with Crippen LogP contribution in [0.3, 0.4) is 0 Å². The Labute approximate surface area is 155 Å². The summed E-state index contributed by atoms with van der Waals surface area (Å²) in [6, 6.07) is 4.72. The van der Waals surface area contributed by atoms with Crippen molar-refractivity contribution in [1.82, 2.24) is 0 Å². The molecule has 1 aromatic rings. The number of nitrogens with zero attached hydrogens (tertiary/aromatic N) is 2. The summed E-state index contributed by atoms with van der Waals surface area (Å²) in [6.45, 7) is 9.46. The van der Waals surface area contributed by atoms with E-state index >= 15 is 0 Å². The van der Waals surface area contributed by atoms with Crippen molar-refractivity contribution in [3.63, 3.8) is 0 Å². The third-order valence-corrected chi connectivity index (χ3v) is 8.11. The first-order valence-electron chi connectivity index (χ1n) is 9.73. The Balaban J connectivity index is 1.80. The highest BCUT2D eigenvalue weighted by atomic mass is 16.6. The van der Waals surface area contributed by atoms with Gasteiger partial charge in [-0.1, -0.05) is 50.1 Å². The van der Waals surface area contributed by atoms with Crippen LogP contribution in [0.2, 0.25) is 0 Å². The van der Waals surface area contributed by atoms with Crippen LogP contribution in [0.25, 0.3) is 0 Å². The summed E-state index contributed by atoms with van der Waals surface area (Å²) >= 11 is 0. The van der Waals surface area contributed by atoms with E-state index in [0.717, 1.165) is 11.4 Å². The topological polar surface area (TPSA) is 43.2 Å². The summed E-state index contributed by atoms with van der Waals surface area (Å²) in [4.78, 5) is 10.6. The van der Waals surface area contributed by atoms with Gasteiger partial charge in [0.1, 0.15) is 14.2 Å². The fraction of sp³-hybridized carbons (Fsp3) is 0.636. The van der Waals surface area contributed by atoms with Gasteiger partial charge < -0.3 is 9.68 Å². The fourth-order valence-electron chi connectivity index (χ4n) is 6.37. The third-order valence-electron chi connectivity index (χ3n) is 8.11. The SMILES string of the molecule is CO/N=C1/c2c(ccc3c2/C(=N/OC)[C@@H]2C[C@H]3C2(C)C)[C@H]2C[C@@H]1C2(C)C. The first-order valence-corrected chi connectivity index (χ1v) is 9.73. The number of oxime groups is 2. The molecule has 26 heavy (non-hydrogen) atoms. The maximum absolute atomic E-state index is 5.31. The van der Waals surface area contributed by atoms with E-state index in [1.54, 1.807) is 14.2 Å². The molecular weight excluding hydrogens is 324 g/mol. The molecule has 0 unspecified atom stereocenters. The van der Waals surface area contributed by atoms with Crippen molar-refractivity contribution in [1.29, 1.82) is 0 Å². The molecule has 2 fully saturated rings. The average molecular weight is 352 g/mol. The van der Waals surface area contributed by atoms with Crippen LogP contribution >= 0.6 is 0 Å². The van der Waals surface area contributed by atoms with Gasteiger partial charge in [0.25, 0.3) is 0 Å². The van der Waals surface area contributed by atoms with Crippen LogP contribution in [-0.2, 0) is 9.68 Å². The largest absolute Gasteiger partial charge is 0.399 e. The monoisotopic (exact) mass is 352 g/mol. The maximum Gasteiger partial charge on any atom is 0.106 e. The molecule has 0 N–H and O–H groups in total. The fourth-order valence-corrected chi connectivity index (χ4v) is 6.37. The van der Waals surface area contributed by atoms with E-state index in [0.29, 0.717) is 23.7 Å². The molecule has 0 radical (unpaired) electrons. The Morgan fingerprint density at radius 1 is 0.731 bits per heavy atom. The van der Waals surface area contributed by atoms with Crippen molar-refractivity contribution in [2.24, 2.45) is 33.0 Å². The van der Waals surface area contributed by atoms with Gasteiger partial charge in [-0.15, -0.1) is 0 Å². The zero-order valence-corrected chi connectivity index (χ0v) is 16.6. The molecule has 0 aliphatic heterocycles. The number of hydrogen-bond acceptors (Lipinski definition) is 4. The van der Waals surface area contributed by atoms with Gasteiger partial charge in [0, 0.05) is 23.0 Å². The number of hydrogen-bond donors (Lipinski definition) is 0. The number of rotatable bonds is 2. The van der Waals surface area contributed by atoms with Gasteiger partial charge >= 0.3 is 0 Å². The zero-order chi connectivity index (χ0) is 18.4. The zero-order valence-electron chi connectivity index (χ0n) is 16.6. The van der Waals surface area contributed by atoms with E-state index in [1.807, 2.05) is 0 Å². The lowest BCUT2D eigenvalue weighted by Gasteiger charge is -2.60. The lowest BCUT2D eigenvalue weighted by Crippen LogP contribution is -2.56. The Bertz CT molecular complexity index is 794. The van der Waals surface area contributed by atoms with Crippen molar-refractivity contribution >= 4 is 11.4 Å². The lowest BCUT2D eigenvalue weighted by molar-refractivity contribution is 0.0672. The van der Waals surface area contributed by atoms with E-state index in [2.05, 4.69) is 50.1 Å². The van der Waals surface area contributed by atoms with Gasteiger partial charge in [0.2, 0.25) is 0 Å². The van der Waals surface area contributed by atoms with Gasteiger partial charge in [0.15, 0.2) is 0 Å². The molecule has 4 atom stereocenters. The molecular formula is C22H28N2O2. The smallest absolute Gasteiger partial charge is 0.106 e. The van der Waals surface area contributed by atoms with Crippen molar-refractivity contribution in [2.75, 3.05) is 14.2 Å². The maximum atomic E-state index is 5.31. The minimum absolute atomic E-state index is 0.244. The van der Waals surface area contributed by atoms with Crippen LogP contribution in [0, 0.1) is 22.7 Å². The summed E-state index contributed by atoms with van der Waals surface area (Å²) < 4.78 is 0. The molecule has 0 amide bonds. The molecule has 4 bridgehead atoms. The second kappa shape index (κ2) is 4.90. The van der Waals surface area contributed by atoms with Gasteiger partial charge in [-0.25, -0.2) is 0 Å². The van der Waals surface area contributed by atoms with Crippen LogP contribution in [0.5, 0.6) is 0 Å². The van der Waals surface area contributed by atoms with Crippen molar-refractivity contribution in [3.05, 3.63) is 34.4 Å². The molecule has 4 nitrogen and oxygen atoms in total. The molecule has 6 aliphatic carbocycles. The highest BCUT2D eigenvalue weighted by Crippen LogP contribution is 2.67. The number of benzene rings is 1. The van der Waals surface area contributed by atoms with E-state index in [-0.39, 0.29) is 10.8 Å². The van der Waals surface area contributed by atoms with E-state index in [1.165, 1.54) is 35.1 Å². The van der Waals surface area contributed by atoms with Crippen LogP contribution in [0.4, 0.5) is 0 Å². The van der Waals surface area contributed by atoms with Crippen molar-refractivity contribution in [3.8, 4) is 0 Å². The normalized spacial score (nSPS) is 37.3. The second-order valence-electron chi connectivity index (χ2n) is 9.64. The summed E-state index contributed by atoms with van der Waals surface area (Å²) in [5, 5.41) is 9.08. The molecule has 0 aromatic heterocycles. The highest BCUT2D eigenvalue weighted by Gasteiger charge is 2.61. The van der Waals surface area contributed by atoms with E-state index in [9.17, 15) is 0 Å². The molecule has 0 spiro atoms. The first kappa shape index (κ1) is 16.3. The summed E-state index contributed by atoms with van der Waals surface area (Å²) in [7, 11) is 3.31. The van der Waals surface area contributed by atoms with E-state index < -0.39 is 0 Å². The summed E-state index contributed by atoms with van der Waals surface area (Å²) in [5.41, 5.74) is 8.17. The van der Waals surface area contributed by atoms with Crippen LogP contribution in [0.1, 0.15) is 74.6 Å². The predicted octanol–water partition coefficient (Wildman–Crippen LogP) is 4.67. The van der Waals surface area contributed by atoms with Crippen molar-refractivity contribution in [2.45, 2.75) is 52.4 Å². The quantitative estimate of drug-likeness (QED) is 0.726. The van der Waals surface area contributed by atoms with Gasteiger partial charge in [0.05, 0.1) is 11.4 Å². The molecule has 0 heterocycles. The second-order valence-corrected chi connectivity index (χ2v) is 9.64. The third kappa shape index (κ3) is 1.67. The minimum atomic E-state index is 0.244. The molecule has 138 valence electrons. The molecule has 2 saturated carbocycles. The average Bonchev–Trinajstić information content (AvgIpc) is 2.60. The molecule has 1 aromatic carbocycles. The Kier molecular flexibility index (Phi) is 3.08. The molecule has 6 aliphatic rings. The molecule has 4 heteroatoms. The van der Waals surface area contributed by atoms with Crippen LogP contribution in [-0.4, -0.2) is 25.6 Å². The summed E-state index contributed by atoms with van der Waals surface area (Å²) in [5.74, 6) is 2.11. The first-order chi connectivity index (χ1) is 12.3. The van der Waals surface area contributed by atoms with E-state index in [4.69, 9.17) is 9.68 Å². The Hall–Kier alpha value is -1.84. The van der Waals surface area contributed by atoms with Crippen LogP contribution in [0.15, 0.2) is 22.4 Å². The van der Waals surface area contributed by atoms with Gasteiger partial charge in [-0.3, -0.25) is 0 Å². The van der Waals surface area contributed by atoms with Gasteiger partial charge in [-0.05, 0) is 46.6 Å². The Morgan fingerprint density at radius 3 is 1.42 bits per heavy atom. The standard InChI is InChI=1S/C22H28N2O2/c1-21(2)13-9-15(21)19(23-25-5)17-11(13)7-8-12-14-10-16(22(14,3)4)20(18(12)17)24-26-6/h7-8,13-16H,9-10H2,1-6H3/b23-19+,24-20+/t13-,14-,15+,16+/m1/s1. The van der Waals surface area contributed by atoms with Crippen molar-refractivity contribution < 1.29 is 9.68 Å². The summed E-state index contributed by atoms with van der Waals surface area (Å²) in [6.07, 6.45) is 2.35. The van der Waals surface area contributed by atoms with Crippen LogP contribution < -0.4 is 0 Å². The Morgan fingerprint density at radius 2 is 1.12 bits per heavy atom. The lowest BCUT2D eigenvalue weighted by atomic mass is 9.43. The molecule has 7 rings (SSSR count). The highest BCUT2D eigenvalue weighted by molar-refractivity contribution is 6.18. The minimum Gasteiger partial charge on any atom is -0.399 e. The van der Waals surface area contributed by atoms with Gasteiger partial charge in [-0.2, -0.15) is 0 Å². The predicted molar refractivity (Wildman–Crippen MR) is 103 cm³/mol.